The second-order valence-corrected chi connectivity index (χ2v) is 10.4. The Morgan fingerprint density at radius 1 is 0.732 bits per heavy atom. The lowest BCUT2D eigenvalue weighted by Crippen LogP contribution is -2.06. The van der Waals surface area contributed by atoms with Crippen LogP contribution in [0.2, 0.25) is 0 Å². The Balaban J connectivity index is 1.50. The van der Waals surface area contributed by atoms with E-state index in [1.807, 2.05) is 56.3 Å². The third-order valence-corrected chi connectivity index (χ3v) is 6.92. The zero-order chi connectivity index (χ0) is 28.9. The number of rotatable bonds is 11. The molecule has 3 N–H and O–H groups in total. The third kappa shape index (κ3) is 6.14. The van der Waals surface area contributed by atoms with E-state index < -0.39 is 0 Å². The van der Waals surface area contributed by atoms with Gasteiger partial charge in [0.25, 0.3) is 0 Å². The van der Waals surface area contributed by atoms with Crippen molar-refractivity contribution in [1.29, 1.82) is 0 Å². The van der Waals surface area contributed by atoms with Crippen molar-refractivity contribution in [1.82, 2.24) is 9.97 Å². The molecule has 5 aromatic rings. The number of oxazole rings is 2. The van der Waals surface area contributed by atoms with Gasteiger partial charge in [0.2, 0.25) is 11.8 Å². The van der Waals surface area contributed by atoms with Gasteiger partial charge in [0.15, 0.2) is 17.8 Å². The zero-order valence-electron chi connectivity index (χ0n) is 22.9. The molecule has 210 valence electrons. The quantitative estimate of drug-likeness (QED) is 0.165. The number of aldehydes is 1. The molecule has 2 unspecified atom stereocenters. The van der Waals surface area contributed by atoms with Gasteiger partial charge in [-0.1, -0.05) is 50.2 Å². The first-order chi connectivity index (χ1) is 19.9. The maximum atomic E-state index is 11.7. The SMILES string of the molecule is CC(CO)Cc1nc(-c2ccc(-c3nc(CC(C)CO)c(-c4ccccc4C=O)o3)cc2)oc1-c1cccc(O)c1. The summed E-state index contributed by atoms with van der Waals surface area (Å²) >= 11 is 0. The van der Waals surface area contributed by atoms with Crippen molar-refractivity contribution in [3.8, 4) is 51.3 Å². The summed E-state index contributed by atoms with van der Waals surface area (Å²) in [5.41, 5.74) is 4.70. The zero-order valence-corrected chi connectivity index (χ0v) is 22.9. The number of aromatic nitrogens is 2. The summed E-state index contributed by atoms with van der Waals surface area (Å²) in [6, 6.07) is 21.5. The van der Waals surface area contributed by atoms with E-state index in [0.29, 0.717) is 64.2 Å². The number of phenols is 1. The van der Waals surface area contributed by atoms with E-state index in [4.69, 9.17) is 18.8 Å². The Bertz CT molecular complexity index is 1640. The molecule has 3 aromatic carbocycles. The van der Waals surface area contributed by atoms with Gasteiger partial charge in [0.05, 0.1) is 11.4 Å². The Morgan fingerprint density at radius 3 is 1.85 bits per heavy atom. The molecule has 8 heteroatoms. The van der Waals surface area contributed by atoms with E-state index in [2.05, 4.69) is 0 Å². The highest BCUT2D eigenvalue weighted by atomic mass is 16.4. The molecule has 0 amide bonds. The van der Waals surface area contributed by atoms with Gasteiger partial charge in [-0.15, -0.1) is 0 Å². The number of aromatic hydroxyl groups is 1. The summed E-state index contributed by atoms with van der Waals surface area (Å²) in [5, 5.41) is 29.2. The Labute approximate surface area is 238 Å². The van der Waals surface area contributed by atoms with Crippen LogP contribution in [0, 0.1) is 11.8 Å². The Morgan fingerprint density at radius 2 is 1.29 bits per heavy atom. The smallest absolute Gasteiger partial charge is 0.227 e. The van der Waals surface area contributed by atoms with Crippen molar-refractivity contribution < 1.29 is 28.9 Å². The average molecular weight is 553 g/mol. The minimum Gasteiger partial charge on any atom is -0.508 e. The van der Waals surface area contributed by atoms with Gasteiger partial charge in [-0.2, -0.15) is 0 Å². The van der Waals surface area contributed by atoms with Crippen molar-refractivity contribution >= 4 is 6.29 Å². The second-order valence-electron chi connectivity index (χ2n) is 10.4. The Hall–Kier alpha value is -4.53. The van der Waals surface area contributed by atoms with Crippen molar-refractivity contribution in [2.24, 2.45) is 11.8 Å². The molecule has 0 radical (unpaired) electrons. The molecule has 0 aliphatic rings. The predicted molar refractivity (Wildman–Crippen MR) is 155 cm³/mol. The fourth-order valence-electron chi connectivity index (χ4n) is 4.66. The molecular weight excluding hydrogens is 520 g/mol. The average Bonchev–Trinajstić information content (AvgIpc) is 3.61. The van der Waals surface area contributed by atoms with Gasteiger partial charge in [-0.3, -0.25) is 4.79 Å². The number of hydrogen-bond acceptors (Lipinski definition) is 8. The fourth-order valence-corrected chi connectivity index (χ4v) is 4.66. The van der Waals surface area contributed by atoms with E-state index in [0.717, 1.165) is 17.4 Å². The second kappa shape index (κ2) is 12.3. The van der Waals surface area contributed by atoms with E-state index in [-0.39, 0.29) is 30.8 Å². The lowest BCUT2D eigenvalue weighted by atomic mass is 10.00. The van der Waals surface area contributed by atoms with Gasteiger partial charge < -0.3 is 24.2 Å². The minimum atomic E-state index is -0.0361. The summed E-state index contributed by atoms with van der Waals surface area (Å²) in [6.07, 6.45) is 1.80. The monoisotopic (exact) mass is 552 g/mol. The summed E-state index contributed by atoms with van der Waals surface area (Å²) in [5.74, 6) is 1.95. The van der Waals surface area contributed by atoms with Crippen LogP contribution < -0.4 is 0 Å². The standard InChI is InChI=1S/C33H32N2O6/c1-20(17-36)14-28-30(24-7-5-8-26(39)16-24)40-32(34-28)22-10-12-23(13-11-22)33-35-29(15-21(2)18-37)31(41-33)27-9-4-3-6-25(27)19-38/h3-13,16,19-21,36-37,39H,14-15,17-18H2,1-2H3. The molecule has 0 aliphatic carbocycles. The number of nitrogens with zero attached hydrogens (tertiary/aromatic N) is 2. The molecule has 0 saturated heterocycles. The van der Waals surface area contributed by atoms with Crippen molar-refractivity contribution in [2.45, 2.75) is 26.7 Å². The minimum absolute atomic E-state index is 0.00542. The number of phenolic OH excluding ortho intramolecular Hbond substituents is 1. The topological polar surface area (TPSA) is 130 Å². The van der Waals surface area contributed by atoms with Crippen molar-refractivity contribution in [3.05, 3.63) is 89.7 Å². The molecule has 8 nitrogen and oxygen atoms in total. The maximum absolute atomic E-state index is 11.7. The summed E-state index contributed by atoms with van der Waals surface area (Å²) < 4.78 is 12.4. The molecule has 0 aliphatic heterocycles. The molecule has 2 aromatic heterocycles. The molecule has 0 saturated carbocycles. The van der Waals surface area contributed by atoms with E-state index in [1.54, 1.807) is 30.3 Å². The number of carbonyl (C=O) groups is 1. The molecule has 0 spiro atoms. The number of aliphatic hydroxyl groups is 2. The lowest BCUT2D eigenvalue weighted by Gasteiger charge is -2.07. The molecule has 0 fully saturated rings. The normalized spacial score (nSPS) is 12.8. The van der Waals surface area contributed by atoms with Crippen LogP contribution in [0.25, 0.3) is 45.6 Å². The van der Waals surface area contributed by atoms with Crippen molar-refractivity contribution in [2.75, 3.05) is 13.2 Å². The highest BCUT2D eigenvalue weighted by molar-refractivity contribution is 5.87. The molecule has 0 bridgehead atoms. The summed E-state index contributed by atoms with van der Waals surface area (Å²) in [6.45, 7) is 3.88. The third-order valence-electron chi connectivity index (χ3n) is 6.92. The lowest BCUT2D eigenvalue weighted by molar-refractivity contribution is 0.112. The van der Waals surface area contributed by atoms with Gasteiger partial charge in [-0.25, -0.2) is 9.97 Å². The van der Waals surface area contributed by atoms with Gasteiger partial charge >= 0.3 is 0 Å². The van der Waals surface area contributed by atoms with Crippen LogP contribution in [-0.4, -0.2) is 44.8 Å². The Kier molecular flexibility index (Phi) is 8.42. The number of aliphatic hydroxyl groups excluding tert-OH is 2. The number of carbonyl (C=O) groups excluding carboxylic acids is 1. The molecule has 2 heterocycles. The highest BCUT2D eigenvalue weighted by Crippen LogP contribution is 2.36. The molecule has 41 heavy (non-hydrogen) atoms. The first-order valence-corrected chi connectivity index (χ1v) is 13.6. The van der Waals surface area contributed by atoms with Crippen LogP contribution in [0.5, 0.6) is 5.75 Å². The number of benzene rings is 3. The summed E-state index contributed by atoms with van der Waals surface area (Å²) in [4.78, 5) is 21.2. The predicted octanol–water partition coefficient (Wildman–Crippen LogP) is 6.19. The summed E-state index contributed by atoms with van der Waals surface area (Å²) in [7, 11) is 0. The molecular formula is C33H32N2O6. The molecule has 2 atom stereocenters. The molecule has 5 rings (SSSR count). The van der Waals surface area contributed by atoms with Crippen LogP contribution in [-0.2, 0) is 12.8 Å². The van der Waals surface area contributed by atoms with Gasteiger partial charge in [0, 0.05) is 41.0 Å². The van der Waals surface area contributed by atoms with Gasteiger partial charge in [0.1, 0.15) is 5.75 Å². The van der Waals surface area contributed by atoms with Crippen LogP contribution >= 0.6 is 0 Å². The van der Waals surface area contributed by atoms with Gasteiger partial charge in [-0.05, 0) is 61.1 Å². The van der Waals surface area contributed by atoms with Crippen molar-refractivity contribution in [3.63, 3.8) is 0 Å². The van der Waals surface area contributed by atoms with Crippen LogP contribution in [0.15, 0.2) is 81.6 Å². The van der Waals surface area contributed by atoms with E-state index in [1.165, 1.54) is 0 Å². The van der Waals surface area contributed by atoms with Crippen LogP contribution in [0.4, 0.5) is 0 Å². The first kappa shape index (κ1) is 28.0. The number of hydrogen-bond donors (Lipinski definition) is 3. The van der Waals surface area contributed by atoms with E-state index >= 15 is 0 Å². The van der Waals surface area contributed by atoms with E-state index in [9.17, 15) is 20.1 Å². The fraction of sp³-hybridized carbons (Fsp3) is 0.242. The van der Waals surface area contributed by atoms with Crippen LogP contribution in [0.1, 0.15) is 35.6 Å². The first-order valence-electron chi connectivity index (χ1n) is 13.6. The maximum Gasteiger partial charge on any atom is 0.227 e. The van der Waals surface area contributed by atoms with Crippen LogP contribution in [0.3, 0.4) is 0 Å². The largest absolute Gasteiger partial charge is 0.508 e. The highest BCUT2D eigenvalue weighted by Gasteiger charge is 2.22.